The number of nitrogens with zero attached hydrogens (tertiary/aromatic N) is 4. The minimum atomic E-state index is -1.01. The number of thiophene rings is 1. The Bertz CT molecular complexity index is 899. The van der Waals surface area contributed by atoms with E-state index in [9.17, 15) is 10.2 Å². The summed E-state index contributed by atoms with van der Waals surface area (Å²) in [5, 5.41) is 31.1. The van der Waals surface area contributed by atoms with E-state index in [1.807, 2.05) is 17.6 Å². The third-order valence-corrected chi connectivity index (χ3v) is 6.79. The molecule has 0 saturated carbocycles. The van der Waals surface area contributed by atoms with Crippen molar-refractivity contribution in [2.75, 3.05) is 0 Å². The molecule has 27 heavy (non-hydrogen) atoms. The van der Waals surface area contributed by atoms with Gasteiger partial charge in [-0.15, -0.1) is 11.3 Å². The molecule has 2 aliphatic heterocycles. The second-order valence-electron chi connectivity index (χ2n) is 7.45. The van der Waals surface area contributed by atoms with Gasteiger partial charge in [-0.2, -0.15) is 5.10 Å². The van der Waals surface area contributed by atoms with Crippen LogP contribution in [0.15, 0.2) is 42.3 Å². The van der Waals surface area contributed by atoms with Crippen LogP contribution in [0.1, 0.15) is 43.3 Å². The summed E-state index contributed by atoms with van der Waals surface area (Å²) >= 11 is 1.60. The Labute approximate surface area is 160 Å². The number of aliphatic hydroxyl groups is 2. The van der Waals surface area contributed by atoms with Gasteiger partial charge in [-0.05, 0) is 43.2 Å². The van der Waals surface area contributed by atoms with Gasteiger partial charge < -0.3 is 10.2 Å². The topological polar surface area (TPSA) is 98.2 Å². The van der Waals surface area contributed by atoms with E-state index < -0.39 is 11.8 Å². The van der Waals surface area contributed by atoms with E-state index in [1.165, 1.54) is 0 Å². The first-order chi connectivity index (χ1) is 13.1. The number of aromatic amines is 1. The number of hydrogen-bond donors (Lipinski definition) is 3. The van der Waals surface area contributed by atoms with Crippen LogP contribution in [0.3, 0.4) is 0 Å². The quantitative estimate of drug-likeness (QED) is 0.640. The molecule has 2 aliphatic rings. The largest absolute Gasteiger partial charge is 0.382 e. The van der Waals surface area contributed by atoms with Crippen molar-refractivity contribution in [2.45, 2.75) is 49.6 Å². The second-order valence-corrected chi connectivity index (χ2v) is 8.36. The van der Waals surface area contributed by atoms with Crippen molar-refractivity contribution >= 4 is 11.3 Å². The monoisotopic (exact) mass is 383 g/mol. The van der Waals surface area contributed by atoms with E-state index in [0.717, 1.165) is 28.8 Å². The molecule has 1 unspecified atom stereocenters. The van der Waals surface area contributed by atoms with E-state index in [4.69, 9.17) is 0 Å². The molecule has 0 aromatic carbocycles. The highest BCUT2D eigenvalue weighted by Crippen LogP contribution is 2.48. The van der Waals surface area contributed by atoms with Crippen LogP contribution in [0, 0.1) is 0 Å². The molecule has 4 atom stereocenters. The van der Waals surface area contributed by atoms with Gasteiger partial charge in [0.2, 0.25) is 0 Å². The SMILES string of the molecule is OC(c1csc(-c2cn[nH]c2)c1)N1[C@@H]2CC[C@H]1C[C@](O)(c1ncccn1)C2. The summed E-state index contributed by atoms with van der Waals surface area (Å²) in [7, 11) is 0. The van der Waals surface area contributed by atoms with E-state index in [2.05, 4.69) is 25.1 Å². The second kappa shape index (κ2) is 6.49. The van der Waals surface area contributed by atoms with Gasteiger partial charge in [0.05, 0.1) is 6.20 Å². The molecule has 8 heteroatoms. The van der Waals surface area contributed by atoms with Crippen molar-refractivity contribution in [1.82, 2.24) is 25.1 Å². The zero-order chi connectivity index (χ0) is 18.4. The highest BCUT2D eigenvalue weighted by Gasteiger charge is 2.51. The fourth-order valence-electron chi connectivity index (χ4n) is 4.58. The van der Waals surface area contributed by atoms with Crippen molar-refractivity contribution in [1.29, 1.82) is 0 Å². The van der Waals surface area contributed by atoms with Crippen LogP contribution in [0.25, 0.3) is 10.4 Å². The molecule has 0 spiro atoms. The lowest BCUT2D eigenvalue weighted by Gasteiger charge is -2.44. The molecule has 2 saturated heterocycles. The van der Waals surface area contributed by atoms with Crippen LogP contribution in [-0.2, 0) is 5.60 Å². The van der Waals surface area contributed by atoms with Crippen LogP contribution in [-0.4, -0.2) is 47.4 Å². The van der Waals surface area contributed by atoms with Gasteiger partial charge in [-0.3, -0.25) is 10.00 Å². The Morgan fingerprint density at radius 3 is 2.63 bits per heavy atom. The minimum absolute atomic E-state index is 0.116. The van der Waals surface area contributed by atoms with Gasteiger partial charge in [0, 0.05) is 46.7 Å². The van der Waals surface area contributed by atoms with E-state index >= 15 is 0 Å². The third-order valence-electron chi connectivity index (χ3n) is 5.79. The van der Waals surface area contributed by atoms with Crippen LogP contribution >= 0.6 is 11.3 Å². The molecule has 3 N–H and O–H groups in total. The molecular formula is C19H21N5O2S. The summed E-state index contributed by atoms with van der Waals surface area (Å²) in [6.07, 6.45) is 9.34. The zero-order valence-corrected chi connectivity index (χ0v) is 15.5. The Morgan fingerprint density at radius 2 is 1.96 bits per heavy atom. The molecule has 3 aromatic rings. The van der Waals surface area contributed by atoms with Gasteiger partial charge in [-0.25, -0.2) is 9.97 Å². The number of fused-ring (bicyclic) bond motifs is 2. The van der Waals surface area contributed by atoms with Crippen LogP contribution in [0.5, 0.6) is 0 Å². The van der Waals surface area contributed by atoms with Gasteiger partial charge in [0.25, 0.3) is 0 Å². The van der Waals surface area contributed by atoms with Gasteiger partial charge in [0.15, 0.2) is 5.82 Å². The molecule has 7 nitrogen and oxygen atoms in total. The maximum absolute atomic E-state index is 11.2. The third kappa shape index (κ3) is 2.89. The first-order valence-corrected chi connectivity index (χ1v) is 10.0. The van der Waals surface area contributed by atoms with Crippen molar-refractivity contribution in [2.24, 2.45) is 0 Å². The standard InChI is InChI=1S/C19H21N5O2S/c25-17(12-6-16(27-11-12)13-9-22-23-10-13)24-14-2-3-15(24)8-19(26,7-14)18-20-4-1-5-21-18/h1,4-6,9-11,14-15,17,25-26H,2-3,7-8H2,(H,22,23)/t14-,15+,17?,19+. The normalized spacial score (nSPS) is 29.1. The summed E-state index contributed by atoms with van der Waals surface area (Å²) in [6, 6.07) is 4.02. The predicted molar refractivity (Wildman–Crippen MR) is 101 cm³/mol. The molecular weight excluding hydrogens is 362 g/mol. The molecule has 2 bridgehead atoms. The lowest BCUT2D eigenvalue weighted by Crippen LogP contribution is -2.51. The highest BCUT2D eigenvalue weighted by molar-refractivity contribution is 7.13. The zero-order valence-electron chi connectivity index (χ0n) is 14.7. The van der Waals surface area contributed by atoms with Gasteiger partial charge in [0.1, 0.15) is 11.8 Å². The summed E-state index contributed by atoms with van der Waals surface area (Å²) in [5.41, 5.74) is 0.907. The van der Waals surface area contributed by atoms with Crippen LogP contribution in [0.2, 0.25) is 0 Å². The number of rotatable bonds is 4. The van der Waals surface area contributed by atoms with E-state index in [-0.39, 0.29) is 12.1 Å². The molecule has 3 aromatic heterocycles. The summed E-state index contributed by atoms with van der Waals surface area (Å²) in [6.45, 7) is 0. The Balaban J connectivity index is 1.38. The number of aromatic nitrogens is 4. The maximum Gasteiger partial charge on any atom is 0.160 e. The smallest absolute Gasteiger partial charge is 0.160 e. The van der Waals surface area contributed by atoms with Gasteiger partial charge in [-0.1, -0.05) is 0 Å². The minimum Gasteiger partial charge on any atom is -0.382 e. The van der Waals surface area contributed by atoms with Crippen molar-refractivity contribution in [3.8, 4) is 10.4 Å². The van der Waals surface area contributed by atoms with E-state index in [1.54, 1.807) is 36.0 Å². The van der Waals surface area contributed by atoms with Crippen LogP contribution < -0.4 is 0 Å². The molecule has 2 fully saturated rings. The fraction of sp³-hybridized carbons (Fsp3) is 0.421. The number of hydrogen-bond acceptors (Lipinski definition) is 7. The molecule has 0 radical (unpaired) electrons. The Kier molecular flexibility index (Phi) is 4.08. The fourth-order valence-corrected chi connectivity index (χ4v) is 5.48. The number of piperidine rings is 1. The number of H-pyrrole nitrogens is 1. The lowest BCUT2D eigenvalue weighted by atomic mass is 9.84. The molecule has 5 rings (SSSR count). The number of nitrogens with one attached hydrogen (secondary N) is 1. The number of aliphatic hydroxyl groups excluding tert-OH is 1. The molecule has 5 heterocycles. The average molecular weight is 383 g/mol. The highest BCUT2D eigenvalue weighted by atomic mass is 32.1. The predicted octanol–water partition coefficient (Wildman–Crippen LogP) is 2.43. The van der Waals surface area contributed by atoms with Crippen molar-refractivity contribution in [3.05, 3.63) is 53.7 Å². The Morgan fingerprint density at radius 1 is 1.22 bits per heavy atom. The summed E-state index contributed by atoms with van der Waals surface area (Å²) < 4.78 is 0. The summed E-state index contributed by atoms with van der Waals surface area (Å²) in [4.78, 5) is 11.8. The first kappa shape index (κ1) is 17.0. The van der Waals surface area contributed by atoms with Crippen molar-refractivity contribution in [3.63, 3.8) is 0 Å². The molecule has 140 valence electrons. The first-order valence-electron chi connectivity index (χ1n) is 9.17. The molecule has 0 aliphatic carbocycles. The Hall–Kier alpha value is -2.13. The van der Waals surface area contributed by atoms with Crippen molar-refractivity contribution < 1.29 is 10.2 Å². The molecule has 0 amide bonds. The maximum atomic E-state index is 11.2. The van der Waals surface area contributed by atoms with E-state index in [0.29, 0.717) is 18.7 Å². The summed E-state index contributed by atoms with van der Waals surface area (Å²) in [5.74, 6) is 0.494. The van der Waals surface area contributed by atoms with Crippen LogP contribution in [0.4, 0.5) is 0 Å². The lowest BCUT2D eigenvalue weighted by molar-refractivity contribution is -0.118. The average Bonchev–Trinajstić information content (AvgIpc) is 3.41. The van der Waals surface area contributed by atoms with Gasteiger partial charge >= 0.3 is 0 Å².